The fourth-order valence-electron chi connectivity index (χ4n) is 2.80. The van der Waals surface area contributed by atoms with E-state index in [0.717, 1.165) is 22.2 Å². The average molecular weight is 479 g/mol. The molecule has 8 heteroatoms. The third kappa shape index (κ3) is 4.59. The molecule has 1 saturated carbocycles. The first kappa shape index (κ1) is 19.5. The van der Waals surface area contributed by atoms with Gasteiger partial charge in [-0.2, -0.15) is 0 Å². The van der Waals surface area contributed by atoms with Gasteiger partial charge in [0.05, 0.1) is 22.9 Å². The Morgan fingerprint density at radius 1 is 1.18 bits per heavy atom. The summed E-state index contributed by atoms with van der Waals surface area (Å²) in [6, 6.07) is 15.5. The highest BCUT2D eigenvalue weighted by atomic mass is 79.9. The van der Waals surface area contributed by atoms with Gasteiger partial charge in [-0.25, -0.2) is 0 Å². The van der Waals surface area contributed by atoms with Crippen molar-refractivity contribution in [3.8, 4) is 11.5 Å². The first-order valence-electron chi connectivity index (χ1n) is 8.86. The molecule has 1 aliphatic carbocycles. The lowest BCUT2D eigenvalue weighted by Gasteiger charge is -2.20. The zero-order valence-electron chi connectivity index (χ0n) is 14.8. The van der Waals surface area contributed by atoms with Crippen LogP contribution in [-0.4, -0.2) is 32.8 Å². The minimum atomic E-state index is 0.0701. The molecule has 1 heterocycles. The minimum absolute atomic E-state index is 0.0701. The Kier molecular flexibility index (Phi) is 6.04. The summed E-state index contributed by atoms with van der Waals surface area (Å²) < 4.78 is 6.77. The van der Waals surface area contributed by atoms with E-state index < -0.39 is 0 Å². The van der Waals surface area contributed by atoms with Gasteiger partial charge in [0.15, 0.2) is 0 Å². The summed E-state index contributed by atoms with van der Waals surface area (Å²) in [7, 11) is 0. The van der Waals surface area contributed by atoms with E-state index in [9.17, 15) is 4.79 Å². The van der Waals surface area contributed by atoms with Gasteiger partial charge >= 0.3 is 0 Å². The number of carbonyl (C=O) groups is 1. The van der Waals surface area contributed by atoms with Crippen LogP contribution in [0.1, 0.15) is 18.7 Å². The number of carbonyl (C=O) groups excluding carboxylic acids is 1. The average Bonchev–Trinajstić information content (AvgIpc) is 3.44. The van der Waals surface area contributed by atoms with Gasteiger partial charge in [0.2, 0.25) is 17.7 Å². The zero-order valence-corrected chi connectivity index (χ0v) is 18.0. The summed E-state index contributed by atoms with van der Waals surface area (Å²) in [6.45, 7) is 0.317. The van der Waals surface area contributed by atoms with Gasteiger partial charge in [-0.05, 0) is 53.0 Å². The number of nitrogens with zero attached hydrogens (tertiary/aromatic N) is 3. The lowest BCUT2D eigenvalue weighted by atomic mass is 10.2. The molecular formula is C20H17BrClN3O2S. The van der Waals surface area contributed by atoms with E-state index in [-0.39, 0.29) is 11.9 Å². The van der Waals surface area contributed by atoms with Crippen LogP contribution in [0.25, 0.3) is 11.5 Å². The quantitative estimate of drug-likeness (QED) is 0.423. The number of benzene rings is 2. The van der Waals surface area contributed by atoms with Crippen LogP contribution < -0.4 is 0 Å². The van der Waals surface area contributed by atoms with Crippen LogP contribution in [0.5, 0.6) is 0 Å². The van der Waals surface area contributed by atoms with E-state index in [4.69, 9.17) is 16.0 Å². The smallest absolute Gasteiger partial charge is 0.249 e. The normalized spacial score (nSPS) is 13.5. The van der Waals surface area contributed by atoms with Crippen LogP contribution in [0.2, 0.25) is 5.02 Å². The molecule has 0 N–H and O–H groups in total. The van der Waals surface area contributed by atoms with Crippen LogP contribution in [0.4, 0.5) is 0 Å². The molecule has 144 valence electrons. The number of halogens is 2. The molecule has 0 saturated heterocycles. The third-order valence-corrected chi connectivity index (χ3v) is 6.71. The summed E-state index contributed by atoms with van der Waals surface area (Å²) in [5, 5.41) is 8.76. The molecule has 1 amide bonds. The molecule has 0 unspecified atom stereocenters. The molecule has 5 nitrogen and oxygen atoms in total. The van der Waals surface area contributed by atoms with Crippen LogP contribution in [0, 0.1) is 0 Å². The second kappa shape index (κ2) is 8.68. The maximum absolute atomic E-state index is 12.8. The zero-order chi connectivity index (χ0) is 19.5. The van der Waals surface area contributed by atoms with Gasteiger partial charge in [0, 0.05) is 15.4 Å². The lowest BCUT2D eigenvalue weighted by molar-refractivity contribution is -0.129. The van der Waals surface area contributed by atoms with Gasteiger partial charge in [-0.3, -0.25) is 4.79 Å². The van der Waals surface area contributed by atoms with Crippen molar-refractivity contribution in [1.82, 2.24) is 15.1 Å². The molecule has 3 aromatic rings. The standard InChI is InChI=1S/C20H17BrClN3O2S/c21-15-6-2-4-8-17(15)28-12-19(26)25(13-9-10-13)11-18-23-24-20(27-18)14-5-1-3-7-16(14)22/h1-8,13H,9-12H2. The molecule has 1 aromatic heterocycles. The molecular weight excluding hydrogens is 462 g/mol. The van der Waals surface area contributed by atoms with Gasteiger partial charge in [0.25, 0.3) is 0 Å². The van der Waals surface area contributed by atoms with Crippen LogP contribution in [0.3, 0.4) is 0 Å². The Hall–Kier alpha value is -1.83. The largest absolute Gasteiger partial charge is 0.419 e. The predicted molar refractivity (Wildman–Crippen MR) is 113 cm³/mol. The Labute approximate surface area is 180 Å². The summed E-state index contributed by atoms with van der Waals surface area (Å²) in [5.41, 5.74) is 0.691. The molecule has 0 atom stereocenters. The highest BCUT2D eigenvalue weighted by Crippen LogP contribution is 2.32. The first-order chi connectivity index (χ1) is 13.6. The van der Waals surface area contributed by atoms with Gasteiger partial charge in [0.1, 0.15) is 0 Å². The molecule has 0 bridgehead atoms. The molecule has 0 spiro atoms. The van der Waals surface area contributed by atoms with Gasteiger partial charge in [-0.1, -0.05) is 35.9 Å². The van der Waals surface area contributed by atoms with Crippen LogP contribution in [-0.2, 0) is 11.3 Å². The number of hydrogen-bond donors (Lipinski definition) is 0. The van der Waals surface area contributed by atoms with Crippen molar-refractivity contribution < 1.29 is 9.21 Å². The molecule has 28 heavy (non-hydrogen) atoms. The third-order valence-electron chi connectivity index (χ3n) is 4.37. The fraction of sp³-hybridized carbons (Fsp3) is 0.250. The number of rotatable bonds is 7. The molecule has 0 aliphatic heterocycles. The second-order valence-corrected chi connectivity index (χ2v) is 8.73. The first-order valence-corrected chi connectivity index (χ1v) is 11.0. The van der Waals surface area contributed by atoms with Crippen molar-refractivity contribution in [2.75, 3.05) is 5.75 Å². The van der Waals surface area contributed by atoms with Crippen LogP contribution in [0.15, 0.2) is 62.3 Å². The van der Waals surface area contributed by atoms with Gasteiger partial charge < -0.3 is 9.32 Å². The van der Waals surface area contributed by atoms with E-state index in [0.29, 0.717) is 34.7 Å². The highest BCUT2D eigenvalue weighted by Gasteiger charge is 2.33. The molecule has 2 aromatic carbocycles. The molecule has 1 fully saturated rings. The lowest BCUT2D eigenvalue weighted by Crippen LogP contribution is -2.34. The number of thioether (sulfide) groups is 1. The predicted octanol–water partition coefficient (Wildman–Crippen LogP) is 5.44. The van der Waals surface area contributed by atoms with Crippen molar-refractivity contribution in [3.05, 3.63) is 63.9 Å². The number of hydrogen-bond acceptors (Lipinski definition) is 5. The number of amides is 1. The Balaban J connectivity index is 1.44. The van der Waals surface area contributed by atoms with Crippen molar-refractivity contribution in [2.45, 2.75) is 30.3 Å². The Morgan fingerprint density at radius 3 is 2.68 bits per heavy atom. The van der Waals surface area contributed by atoms with E-state index in [1.807, 2.05) is 47.4 Å². The van der Waals surface area contributed by atoms with Crippen molar-refractivity contribution >= 4 is 45.2 Å². The SMILES string of the molecule is O=C(CSc1ccccc1Br)N(Cc1nnc(-c2ccccc2Cl)o1)C1CC1. The monoisotopic (exact) mass is 477 g/mol. The fourth-order valence-corrected chi connectivity index (χ4v) is 4.47. The van der Waals surface area contributed by atoms with Crippen molar-refractivity contribution in [1.29, 1.82) is 0 Å². The van der Waals surface area contributed by atoms with E-state index in [1.54, 1.807) is 6.07 Å². The number of aromatic nitrogens is 2. The van der Waals surface area contributed by atoms with Crippen molar-refractivity contribution in [3.63, 3.8) is 0 Å². The molecule has 0 radical (unpaired) electrons. The van der Waals surface area contributed by atoms with Crippen LogP contribution >= 0.6 is 39.3 Å². The molecule has 1 aliphatic rings. The maximum Gasteiger partial charge on any atom is 0.249 e. The minimum Gasteiger partial charge on any atom is -0.419 e. The maximum atomic E-state index is 12.8. The van der Waals surface area contributed by atoms with E-state index in [2.05, 4.69) is 26.1 Å². The Morgan fingerprint density at radius 2 is 1.93 bits per heavy atom. The summed E-state index contributed by atoms with van der Waals surface area (Å²) in [4.78, 5) is 15.7. The topological polar surface area (TPSA) is 59.2 Å². The molecule has 4 rings (SSSR count). The van der Waals surface area contributed by atoms with E-state index in [1.165, 1.54) is 11.8 Å². The van der Waals surface area contributed by atoms with E-state index >= 15 is 0 Å². The second-order valence-electron chi connectivity index (χ2n) is 6.45. The summed E-state index contributed by atoms with van der Waals surface area (Å²) in [5.74, 6) is 1.22. The highest BCUT2D eigenvalue weighted by molar-refractivity contribution is 9.10. The Bertz CT molecular complexity index is 993. The summed E-state index contributed by atoms with van der Waals surface area (Å²) in [6.07, 6.45) is 2.02. The summed E-state index contributed by atoms with van der Waals surface area (Å²) >= 11 is 11.2. The van der Waals surface area contributed by atoms with Crippen molar-refractivity contribution in [2.24, 2.45) is 0 Å². The van der Waals surface area contributed by atoms with Gasteiger partial charge in [-0.15, -0.1) is 22.0 Å².